The van der Waals surface area contributed by atoms with Crippen LogP contribution in [0.4, 0.5) is 5.69 Å². The zero-order valence-corrected chi connectivity index (χ0v) is 11.2. The molecule has 2 N–H and O–H groups in total. The number of carbonyl (C=O) groups excluding carboxylic acids is 1. The molecular weight excluding hydrogens is 252 g/mol. The summed E-state index contributed by atoms with van der Waals surface area (Å²) in [7, 11) is 0. The smallest absolute Gasteiger partial charge is 0.248 e. The van der Waals surface area contributed by atoms with Crippen LogP contribution in [0.3, 0.4) is 0 Å². The first-order chi connectivity index (χ1) is 9.70. The van der Waals surface area contributed by atoms with Crippen LogP contribution < -0.4 is 10.5 Å². The van der Waals surface area contributed by atoms with E-state index in [-0.39, 0.29) is 0 Å². The maximum atomic E-state index is 11.1. The largest absolute Gasteiger partial charge is 0.493 e. The van der Waals surface area contributed by atoms with Crippen molar-refractivity contribution in [1.82, 2.24) is 0 Å². The van der Waals surface area contributed by atoms with Gasteiger partial charge < -0.3 is 10.5 Å². The van der Waals surface area contributed by atoms with E-state index in [1.54, 1.807) is 24.4 Å². The Kier molecular flexibility index (Phi) is 4.50. The summed E-state index contributed by atoms with van der Waals surface area (Å²) >= 11 is 0. The van der Waals surface area contributed by atoms with Crippen LogP contribution >= 0.6 is 0 Å². The van der Waals surface area contributed by atoms with Gasteiger partial charge in [0.2, 0.25) is 5.91 Å². The van der Waals surface area contributed by atoms with E-state index in [0.717, 1.165) is 11.3 Å². The van der Waals surface area contributed by atoms with Crippen LogP contribution in [-0.4, -0.2) is 18.7 Å². The number of hydrogen-bond donors (Lipinski definition) is 1. The van der Waals surface area contributed by atoms with Gasteiger partial charge in [0.25, 0.3) is 0 Å². The third kappa shape index (κ3) is 3.45. The normalized spacial score (nSPS) is 10.7. The van der Waals surface area contributed by atoms with Gasteiger partial charge in [-0.3, -0.25) is 9.79 Å². The highest BCUT2D eigenvalue weighted by molar-refractivity contribution is 5.94. The zero-order chi connectivity index (χ0) is 14.4. The summed E-state index contributed by atoms with van der Waals surface area (Å²) in [6, 6.07) is 14.5. The number of benzene rings is 2. The molecule has 2 aromatic rings. The summed E-state index contributed by atoms with van der Waals surface area (Å²) in [5.41, 5.74) is 7.25. The number of amides is 1. The summed E-state index contributed by atoms with van der Waals surface area (Å²) in [5.74, 6) is 0.321. The van der Waals surface area contributed by atoms with Crippen molar-refractivity contribution < 1.29 is 9.53 Å². The van der Waals surface area contributed by atoms with Gasteiger partial charge in [0.15, 0.2) is 0 Å². The molecule has 0 aliphatic carbocycles. The minimum absolute atomic E-state index is 0.442. The second-order valence-corrected chi connectivity index (χ2v) is 4.14. The van der Waals surface area contributed by atoms with Crippen LogP contribution in [0.2, 0.25) is 0 Å². The van der Waals surface area contributed by atoms with Crippen molar-refractivity contribution >= 4 is 17.8 Å². The van der Waals surface area contributed by atoms with E-state index in [4.69, 9.17) is 10.5 Å². The number of primary amides is 1. The van der Waals surface area contributed by atoms with Crippen LogP contribution in [-0.2, 0) is 0 Å². The summed E-state index contributed by atoms with van der Waals surface area (Å²) in [6.45, 7) is 2.53. The molecule has 0 aromatic heterocycles. The Hall–Kier alpha value is -2.62. The molecule has 0 saturated carbocycles. The third-order valence-electron chi connectivity index (χ3n) is 2.70. The molecule has 0 heterocycles. The van der Waals surface area contributed by atoms with Crippen molar-refractivity contribution in [2.75, 3.05) is 6.61 Å². The lowest BCUT2D eigenvalue weighted by Crippen LogP contribution is -2.10. The van der Waals surface area contributed by atoms with E-state index in [2.05, 4.69) is 4.99 Å². The van der Waals surface area contributed by atoms with Crippen LogP contribution in [0.25, 0.3) is 0 Å². The molecule has 4 nitrogen and oxygen atoms in total. The van der Waals surface area contributed by atoms with Gasteiger partial charge in [0.05, 0.1) is 12.3 Å². The Morgan fingerprint density at radius 3 is 2.80 bits per heavy atom. The van der Waals surface area contributed by atoms with E-state index >= 15 is 0 Å². The van der Waals surface area contributed by atoms with Gasteiger partial charge in [-0.2, -0.15) is 0 Å². The minimum atomic E-state index is -0.461. The average Bonchev–Trinajstić information content (AvgIpc) is 2.47. The first-order valence-corrected chi connectivity index (χ1v) is 6.36. The van der Waals surface area contributed by atoms with Gasteiger partial charge in [0, 0.05) is 17.3 Å². The number of aliphatic imine (C=N–C) groups is 1. The van der Waals surface area contributed by atoms with Gasteiger partial charge in [-0.15, -0.1) is 0 Å². The van der Waals surface area contributed by atoms with Crippen LogP contribution in [0.5, 0.6) is 5.75 Å². The average molecular weight is 268 g/mol. The molecule has 4 heteroatoms. The van der Waals surface area contributed by atoms with Crippen LogP contribution in [0, 0.1) is 0 Å². The summed E-state index contributed by atoms with van der Waals surface area (Å²) in [4.78, 5) is 15.5. The number of carbonyl (C=O) groups is 1. The van der Waals surface area contributed by atoms with Crippen LogP contribution in [0.1, 0.15) is 22.8 Å². The van der Waals surface area contributed by atoms with E-state index in [1.165, 1.54) is 0 Å². The van der Waals surface area contributed by atoms with Crippen molar-refractivity contribution in [3.63, 3.8) is 0 Å². The molecule has 1 amide bonds. The molecular formula is C16H16N2O2. The maximum Gasteiger partial charge on any atom is 0.248 e. The predicted molar refractivity (Wildman–Crippen MR) is 79.8 cm³/mol. The predicted octanol–water partition coefficient (Wildman–Crippen LogP) is 2.93. The van der Waals surface area contributed by atoms with E-state index in [1.807, 2.05) is 37.3 Å². The summed E-state index contributed by atoms with van der Waals surface area (Å²) in [6.07, 6.45) is 1.71. The topological polar surface area (TPSA) is 64.7 Å². The molecule has 0 atom stereocenters. The Bertz CT molecular complexity index is 636. The molecule has 2 rings (SSSR count). The third-order valence-corrected chi connectivity index (χ3v) is 2.70. The van der Waals surface area contributed by atoms with Crippen molar-refractivity contribution in [2.24, 2.45) is 10.7 Å². The highest BCUT2D eigenvalue weighted by Gasteiger charge is 2.01. The van der Waals surface area contributed by atoms with Crippen molar-refractivity contribution in [2.45, 2.75) is 6.92 Å². The molecule has 0 aliphatic heterocycles. The maximum absolute atomic E-state index is 11.1. The lowest BCUT2D eigenvalue weighted by Gasteiger charge is -2.05. The molecule has 0 fully saturated rings. The monoisotopic (exact) mass is 268 g/mol. The summed E-state index contributed by atoms with van der Waals surface area (Å²) < 4.78 is 5.52. The Labute approximate surface area is 117 Å². The number of hydrogen-bond acceptors (Lipinski definition) is 3. The quantitative estimate of drug-likeness (QED) is 0.847. The van der Waals surface area contributed by atoms with Gasteiger partial charge in [-0.05, 0) is 37.3 Å². The molecule has 0 unspecified atom stereocenters. The first-order valence-electron chi connectivity index (χ1n) is 6.36. The molecule has 0 radical (unpaired) electrons. The Morgan fingerprint density at radius 1 is 1.25 bits per heavy atom. The fraction of sp³-hybridized carbons (Fsp3) is 0.125. The highest BCUT2D eigenvalue weighted by atomic mass is 16.5. The molecule has 0 aliphatic rings. The molecule has 2 aromatic carbocycles. The van der Waals surface area contributed by atoms with Gasteiger partial charge in [0.1, 0.15) is 5.75 Å². The second kappa shape index (κ2) is 6.52. The van der Waals surface area contributed by atoms with E-state index in [9.17, 15) is 4.79 Å². The van der Waals surface area contributed by atoms with Gasteiger partial charge in [-0.1, -0.05) is 18.2 Å². The van der Waals surface area contributed by atoms with Gasteiger partial charge >= 0.3 is 0 Å². The molecule has 102 valence electrons. The minimum Gasteiger partial charge on any atom is -0.493 e. The van der Waals surface area contributed by atoms with Crippen molar-refractivity contribution in [3.05, 3.63) is 59.7 Å². The van der Waals surface area contributed by atoms with Gasteiger partial charge in [-0.25, -0.2) is 0 Å². The Balaban J connectivity index is 2.25. The van der Waals surface area contributed by atoms with Crippen molar-refractivity contribution in [1.29, 1.82) is 0 Å². The molecule has 0 saturated heterocycles. The van der Waals surface area contributed by atoms with E-state index < -0.39 is 5.91 Å². The molecule has 0 bridgehead atoms. The fourth-order valence-corrected chi connectivity index (χ4v) is 1.76. The zero-order valence-electron chi connectivity index (χ0n) is 11.2. The SMILES string of the molecule is CCOc1ccccc1C=Nc1cccc(C(N)=O)c1. The standard InChI is InChI=1S/C16H16N2O2/c1-2-20-15-9-4-3-6-13(15)11-18-14-8-5-7-12(10-14)16(17)19/h3-11H,2H2,1H3,(H2,17,19). The summed E-state index contributed by atoms with van der Waals surface area (Å²) in [5, 5.41) is 0. The first kappa shape index (κ1) is 13.8. The molecule has 20 heavy (non-hydrogen) atoms. The van der Waals surface area contributed by atoms with E-state index in [0.29, 0.717) is 17.9 Å². The molecule has 0 spiro atoms. The number of nitrogens with zero attached hydrogens (tertiary/aromatic N) is 1. The number of rotatable bonds is 5. The number of nitrogens with two attached hydrogens (primary N) is 1. The van der Waals surface area contributed by atoms with Crippen LogP contribution in [0.15, 0.2) is 53.5 Å². The number of para-hydroxylation sites is 1. The highest BCUT2D eigenvalue weighted by Crippen LogP contribution is 2.18. The fourth-order valence-electron chi connectivity index (χ4n) is 1.76. The Morgan fingerprint density at radius 2 is 2.05 bits per heavy atom. The number of ether oxygens (including phenoxy) is 1. The second-order valence-electron chi connectivity index (χ2n) is 4.14. The lowest BCUT2D eigenvalue weighted by atomic mass is 10.2. The lowest BCUT2D eigenvalue weighted by molar-refractivity contribution is 0.100. The van der Waals surface area contributed by atoms with Crippen molar-refractivity contribution in [3.8, 4) is 5.75 Å².